The van der Waals surface area contributed by atoms with Crippen molar-refractivity contribution in [1.82, 2.24) is 14.7 Å². The number of carbonyl (C=O) groups is 1. The van der Waals surface area contributed by atoms with Crippen LogP contribution in [0.15, 0.2) is 0 Å². The Morgan fingerprint density at radius 1 is 0.913 bits per heavy atom. The Morgan fingerprint density at radius 2 is 1.57 bits per heavy atom. The topological polar surface area (TPSA) is 26.8 Å². The van der Waals surface area contributed by atoms with Crippen LogP contribution in [0.2, 0.25) is 0 Å². The molecule has 2 aliphatic heterocycles. The van der Waals surface area contributed by atoms with Crippen LogP contribution in [0.4, 0.5) is 0 Å². The third-order valence-corrected chi connectivity index (χ3v) is 6.01. The van der Waals surface area contributed by atoms with Crippen molar-refractivity contribution in [2.45, 2.75) is 58.4 Å². The van der Waals surface area contributed by atoms with Gasteiger partial charge >= 0.3 is 0 Å². The highest BCUT2D eigenvalue weighted by Gasteiger charge is 2.36. The SMILES string of the molecule is CC(C)CN1CCN(CC(=O)N2CCCC3CCCCC32)CC1. The summed E-state index contributed by atoms with van der Waals surface area (Å²) in [4.78, 5) is 20.0. The van der Waals surface area contributed by atoms with Gasteiger partial charge in [-0.3, -0.25) is 9.69 Å². The lowest BCUT2D eigenvalue weighted by molar-refractivity contribution is -0.139. The predicted octanol–water partition coefficient (Wildman–Crippen LogP) is 2.44. The maximum atomic E-state index is 12.9. The van der Waals surface area contributed by atoms with Crippen LogP contribution >= 0.6 is 0 Å². The minimum absolute atomic E-state index is 0.402. The van der Waals surface area contributed by atoms with Crippen LogP contribution in [0.1, 0.15) is 52.4 Å². The van der Waals surface area contributed by atoms with E-state index in [1.807, 2.05) is 0 Å². The molecule has 3 aliphatic rings. The zero-order valence-electron chi connectivity index (χ0n) is 15.2. The fourth-order valence-electron chi connectivity index (χ4n) is 4.86. The number of fused-ring (bicyclic) bond motifs is 1. The van der Waals surface area contributed by atoms with E-state index in [9.17, 15) is 4.79 Å². The number of amides is 1. The molecule has 0 aromatic rings. The van der Waals surface area contributed by atoms with E-state index in [2.05, 4.69) is 28.5 Å². The van der Waals surface area contributed by atoms with Gasteiger partial charge in [-0.05, 0) is 37.5 Å². The Labute approximate surface area is 142 Å². The molecule has 0 N–H and O–H groups in total. The van der Waals surface area contributed by atoms with Crippen LogP contribution in [0.25, 0.3) is 0 Å². The Hall–Kier alpha value is -0.610. The van der Waals surface area contributed by atoms with Crippen LogP contribution in [-0.2, 0) is 4.79 Å². The number of rotatable bonds is 4. The number of likely N-dealkylation sites (tertiary alicyclic amines) is 1. The van der Waals surface area contributed by atoms with E-state index in [1.54, 1.807) is 0 Å². The monoisotopic (exact) mass is 321 g/mol. The first-order valence-corrected chi connectivity index (χ1v) is 9.87. The summed E-state index contributed by atoms with van der Waals surface area (Å²) in [6, 6.07) is 0.562. The van der Waals surface area contributed by atoms with Gasteiger partial charge in [-0.2, -0.15) is 0 Å². The molecule has 2 unspecified atom stereocenters. The average Bonchev–Trinajstić information content (AvgIpc) is 2.55. The molecule has 0 bridgehead atoms. The zero-order chi connectivity index (χ0) is 16.2. The van der Waals surface area contributed by atoms with Gasteiger partial charge in [-0.25, -0.2) is 0 Å². The van der Waals surface area contributed by atoms with Crippen molar-refractivity contribution in [3.05, 3.63) is 0 Å². The standard InChI is InChI=1S/C19H35N3O/c1-16(2)14-20-10-12-21(13-11-20)15-19(23)22-9-5-7-17-6-3-4-8-18(17)22/h16-18H,3-15H2,1-2H3. The second-order valence-corrected chi connectivity index (χ2v) is 8.31. The summed E-state index contributed by atoms with van der Waals surface area (Å²) < 4.78 is 0. The van der Waals surface area contributed by atoms with Crippen molar-refractivity contribution in [3.63, 3.8) is 0 Å². The maximum Gasteiger partial charge on any atom is 0.237 e. The van der Waals surface area contributed by atoms with E-state index in [1.165, 1.54) is 45.1 Å². The Bertz CT molecular complexity index is 388. The highest BCUT2D eigenvalue weighted by Crippen LogP contribution is 2.35. The Morgan fingerprint density at radius 3 is 2.30 bits per heavy atom. The number of piperidine rings is 1. The van der Waals surface area contributed by atoms with Crippen LogP contribution in [0, 0.1) is 11.8 Å². The van der Waals surface area contributed by atoms with Gasteiger partial charge < -0.3 is 9.80 Å². The maximum absolute atomic E-state index is 12.9. The highest BCUT2D eigenvalue weighted by molar-refractivity contribution is 5.78. The number of carbonyl (C=O) groups excluding carboxylic acids is 1. The molecule has 2 heterocycles. The van der Waals surface area contributed by atoms with Crippen molar-refractivity contribution < 1.29 is 4.79 Å². The molecule has 0 aromatic carbocycles. The molecule has 0 radical (unpaired) electrons. The molecule has 3 fully saturated rings. The van der Waals surface area contributed by atoms with E-state index in [0.29, 0.717) is 18.5 Å². The normalized spacial score (nSPS) is 30.5. The Kier molecular flexibility index (Phi) is 5.97. The lowest BCUT2D eigenvalue weighted by Gasteiger charge is -2.45. The lowest BCUT2D eigenvalue weighted by Crippen LogP contribution is -2.55. The molecule has 1 amide bonds. The second kappa shape index (κ2) is 7.98. The minimum Gasteiger partial charge on any atom is -0.338 e. The highest BCUT2D eigenvalue weighted by atomic mass is 16.2. The van der Waals surface area contributed by atoms with Crippen molar-refractivity contribution in [3.8, 4) is 0 Å². The smallest absolute Gasteiger partial charge is 0.237 e. The molecule has 132 valence electrons. The van der Waals surface area contributed by atoms with Crippen LogP contribution in [0.3, 0.4) is 0 Å². The van der Waals surface area contributed by atoms with Crippen LogP contribution < -0.4 is 0 Å². The minimum atomic E-state index is 0.402. The zero-order valence-corrected chi connectivity index (χ0v) is 15.2. The number of hydrogen-bond acceptors (Lipinski definition) is 3. The van der Waals surface area contributed by atoms with E-state index in [0.717, 1.165) is 44.6 Å². The molecule has 0 aromatic heterocycles. The molecule has 23 heavy (non-hydrogen) atoms. The van der Waals surface area contributed by atoms with Gasteiger partial charge in [-0.15, -0.1) is 0 Å². The number of hydrogen-bond donors (Lipinski definition) is 0. The second-order valence-electron chi connectivity index (χ2n) is 8.31. The van der Waals surface area contributed by atoms with E-state index >= 15 is 0 Å². The first-order valence-electron chi connectivity index (χ1n) is 9.87. The van der Waals surface area contributed by atoms with Gasteiger partial charge in [0.2, 0.25) is 5.91 Å². The molecule has 1 saturated carbocycles. The fourth-order valence-corrected chi connectivity index (χ4v) is 4.86. The van der Waals surface area contributed by atoms with Crippen molar-refractivity contribution in [2.24, 2.45) is 11.8 Å². The summed E-state index contributed by atoms with van der Waals surface area (Å²) in [5.41, 5.74) is 0. The molecular formula is C19H35N3O. The summed E-state index contributed by atoms with van der Waals surface area (Å²) in [6.45, 7) is 11.8. The van der Waals surface area contributed by atoms with Crippen molar-refractivity contribution >= 4 is 5.91 Å². The molecule has 3 rings (SSSR count). The van der Waals surface area contributed by atoms with Gasteiger partial charge in [0.1, 0.15) is 0 Å². The summed E-state index contributed by atoms with van der Waals surface area (Å²) in [6.07, 6.45) is 7.86. The number of piperazine rings is 1. The summed E-state index contributed by atoms with van der Waals surface area (Å²) in [5.74, 6) is 1.93. The quantitative estimate of drug-likeness (QED) is 0.796. The fraction of sp³-hybridized carbons (Fsp3) is 0.947. The molecule has 2 atom stereocenters. The predicted molar refractivity (Wildman–Crippen MR) is 94.4 cm³/mol. The third-order valence-electron chi connectivity index (χ3n) is 6.01. The summed E-state index contributed by atoms with van der Waals surface area (Å²) >= 11 is 0. The van der Waals surface area contributed by atoms with Crippen molar-refractivity contribution in [2.75, 3.05) is 45.8 Å². The molecule has 4 nitrogen and oxygen atoms in total. The van der Waals surface area contributed by atoms with Gasteiger partial charge in [0.05, 0.1) is 6.54 Å². The number of nitrogens with zero attached hydrogens (tertiary/aromatic N) is 3. The molecule has 2 saturated heterocycles. The van der Waals surface area contributed by atoms with E-state index < -0.39 is 0 Å². The largest absolute Gasteiger partial charge is 0.338 e. The molecule has 1 aliphatic carbocycles. The summed E-state index contributed by atoms with van der Waals surface area (Å²) in [5, 5.41) is 0. The van der Waals surface area contributed by atoms with Crippen LogP contribution in [0.5, 0.6) is 0 Å². The molecular weight excluding hydrogens is 286 g/mol. The molecule has 0 spiro atoms. The van der Waals surface area contributed by atoms with Gasteiger partial charge in [0.25, 0.3) is 0 Å². The summed E-state index contributed by atoms with van der Waals surface area (Å²) in [7, 11) is 0. The van der Waals surface area contributed by atoms with Gasteiger partial charge in [0.15, 0.2) is 0 Å². The van der Waals surface area contributed by atoms with E-state index in [-0.39, 0.29) is 0 Å². The van der Waals surface area contributed by atoms with Crippen LogP contribution in [-0.4, -0.2) is 72.5 Å². The van der Waals surface area contributed by atoms with E-state index in [4.69, 9.17) is 0 Å². The van der Waals surface area contributed by atoms with Crippen molar-refractivity contribution in [1.29, 1.82) is 0 Å². The first kappa shape index (κ1) is 17.2. The average molecular weight is 322 g/mol. The van der Waals surface area contributed by atoms with Gasteiger partial charge in [0, 0.05) is 45.3 Å². The first-order chi connectivity index (χ1) is 11.1. The Balaban J connectivity index is 1.47. The third kappa shape index (κ3) is 4.48. The lowest BCUT2D eigenvalue weighted by atomic mass is 9.78. The molecule has 4 heteroatoms. The van der Waals surface area contributed by atoms with Gasteiger partial charge in [-0.1, -0.05) is 26.7 Å².